The Morgan fingerprint density at radius 2 is 1.81 bits per heavy atom. The molecular formula is C19H14N4O4. The van der Waals surface area contributed by atoms with Crippen LogP contribution in [0.2, 0.25) is 0 Å². The molecule has 0 aliphatic heterocycles. The van der Waals surface area contributed by atoms with Crippen LogP contribution in [0.25, 0.3) is 0 Å². The van der Waals surface area contributed by atoms with Crippen molar-refractivity contribution in [2.45, 2.75) is 0 Å². The summed E-state index contributed by atoms with van der Waals surface area (Å²) in [5.41, 5.74) is 3.83. The molecule has 3 rings (SSSR count). The van der Waals surface area contributed by atoms with Gasteiger partial charge >= 0.3 is 5.97 Å². The van der Waals surface area contributed by atoms with E-state index >= 15 is 0 Å². The monoisotopic (exact) mass is 362 g/mol. The molecule has 3 aromatic rings. The number of esters is 1. The van der Waals surface area contributed by atoms with Crippen molar-refractivity contribution in [2.24, 2.45) is 5.10 Å². The van der Waals surface area contributed by atoms with E-state index in [1.165, 1.54) is 12.1 Å². The van der Waals surface area contributed by atoms with Gasteiger partial charge in [-0.1, -0.05) is 18.2 Å². The number of hydrogen-bond acceptors (Lipinski definition) is 7. The number of pyridine rings is 1. The number of hydrazone groups is 1. The zero-order valence-electron chi connectivity index (χ0n) is 14.0. The van der Waals surface area contributed by atoms with E-state index in [1.54, 1.807) is 54.7 Å². The fraction of sp³-hybridized carbons (Fsp3) is 0. The molecule has 0 atom stereocenters. The lowest BCUT2D eigenvalue weighted by Crippen LogP contribution is -2.08. The van der Waals surface area contributed by atoms with Gasteiger partial charge in [-0.05, 0) is 48.0 Å². The van der Waals surface area contributed by atoms with Gasteiger partial charge < -0.3 is 4.74 Å². The topological polar surface area (TPSA) is 107 Å². The lowest BCUT2D eigenvalue weighted by molar-refractivity contribution is -0.385. The fourth-order valence-corrected chi connectivity index (χ4v) is 2.10. The number of carbonyl (C=O) groups excluding carboxylic acids is 1. The SMILES string of the molecule is O=C(Oc1ccc(/C=N\Nc2ccc([N+](=O)[O-])cn2)cc1)c1ccccc1. The molecule has 0 aliphatic carbocycles. The Hall–Kier alpha value is -4.07. The number of ether oxygens (including phenoxy) is 1. The van der Waals surface area contributed by atoms with Crippen molar-refractivity contribution >= 4 is 23.7 Å². The molecule has 0 radical (unpaired) electrons. The van der Waals surface area contributed by atoms with Gasteiger partial charge in [0.05, 0.1) is 16.7 Å². The minimum Gasteiger partial charge on any atom is -0.423 e. The molecule has 0 bridgehead atoms. The molecular weight excluding hydrogens is 348 g/mol. The zero-order chi connectivity index (χ0) is 19.1. The van der Waals surface area contributed by atoms with Crippen molar-refractivity contribution < 1.29 is 14.5 Å². The Labute approximate surface area is 154 Å². The summed E-state index contributed by atoms with van der Waals surface area (Å²) in [6.07, 6.45) is 2.69. The van der Waals surface area contributed by atoms with Gasteiger partial charge in [0.1, 0.15) is 17.8 Å². The van der Waals surface area contributed by atoms with Gasteiger partial charge in [0.2, 0.25) is 0 Å². The second kappa shape index (κ2) is 8.34. The van der Waals surface area contributed by atoms with E-state index in [1.807, 2.05) is 6.07 Å². The molecule has 134 valence electrons. The molecule has 8 heteroatoms. The van der Waals surface area contributed by atoms with Crippen LogP contribution in [0.1, 0.15) is 15.9 Å². The molecule has 0 unspecified atom stereocenters. The number of benzene rings is 2. The van der Waals surface area contributed by atoms with Crippen molar-refractivity contribution in [2.75, 3.05) is 5.43 Å². The summed E-state index contributed by atoms with van der Waals surface area (Å²) in [7, 11) is 0. The first-order valence-corrected chi connectivity index (χ1v) is 7.88. The molecule has 27 heavy (non-hydrogen) atoms. The number of nitrogens with zero attached hydrogens (tertiary/aromatic N) is 3. The van der Waals surface area contributed by atoms with Crippen LogP contribution < -0.4 is 10.2 Å². The maximum Gasteiger partial charge on any atom is 0.343 e. The molecule has 0 amide bonds. The lowest BCUT2D eigenvalue weighted by atomic mass is 10.2. The largest absolute Gasteiger partial charge is 0.423 e. The molecule has 1 aromatic heterocycles. The highest BCUT2D eigenvalue weighted by Crippen LogP contribution is 2.14. The van der Waals surface area contributed by atoms with E-state index in [9.17, 15) is 14.9 Å². The first-order valence-electron chi connectivity index (χ1n) is 7.88. The van der Waals surface area contributed by atoms with Crippen LogP contribution in [0.4, 0.5) is 11.5 Å². The third-order valence-corrected chi connectivity index (χ3v) is 3.45. The predicted octanol–water partition coefficient (Wildman–Crippen LogP) is 3.66. The number of rotatable bonds is 6. The highest BCUT2D eigenvalue weighted by Gasteiger charge is 2.07. The van der Waals surface area contributed by atoms with Gasteiger partial charge in [-0.15, -0.1) is 0 Å². The average Bonchev–Trinajstić information content (AvgIpc) is 2.70. The Morgan fingerprint density at radius 1 is 1.07 bits per heavy atom. The van der Waals surface area contributed by atoms with Crippen molar-refractivity contribution in [3.8, 4) is 5.75 Å². The molecule has 0 spiro atoms. The van der Waals surface area contributed by atoms with Crippen molar-refractivity contribution in [3.05, 3.63) is 94.2 Å². The predicted molar refractivity (Wildman–Crippen MR) is 100.0 cm³/mol. The highest BCUT2D eigenvalue weighted by atomic mass is 16.6. The molecule has 1 heterocycles. The maximum atomic E-state index is 12.0. The van der Waals surface area contributed by atoms with E-state index in [4.69, 9.17) is 4.74 Å². The minimum absolute atomic E-state index is 0.0924. The van der Waals surface area contributed by atoms with Crippen LogP contribution in [0, 0.1) is 10.1 Å². The third-order valence-electron chi connectivity index (χ3n) is 3.45. The lowest BCUT2D eigenvalue weighted by Gasteiger charge is -2.04. The summed E-state index contributed by atoms with van der Waals surface area (Å²) < 4.78 is 5.30. The summed E-state index contributed by atoms with van der Waals surface area (Å²) in [5.74, 6) is 0.374. The smallest absolute Gasteiger partial charge is 0.343 e. The molecule has 0 fully saturated rings. The first-order chi connectivity index (χ1) is 13.1. The Balaban J connectivity index is 1.56. The van der Waals surface area contributed by atoms with Crippen molar-refractivity contribution in [1.82, 2.24) is 4.98 Å². The quantitative estimate of drug-likeness (QED) is 0.236. The zero-order valence-corrected chi connectivity index (χ0v) is 14.0. The molecule has 8 nitrogen and oxygen atoms in total. The Kier molecular flexibility index (Phi) is 5.48. The van der Waals surface area contributed by atoms with Crippen LogP contribution in [-0.2, 0) is 0 Å². The normalized spacial score (nSPS) is 10.5. The summed E-state index contributed by atoms with van der Waals surface area (Å²) in [6, 6.07) is 18.3. The van der Waals surface area contributed by atoms with E-state index in [2.05, 4.69) is 15.5 Å². The Morgan fingerprint density at radius 3 is 2.44 bits per heavy atom. The van der Waals surface area contributed by atoms with Crippen LogP contribution >= 0.6 is 0 Å². The average molecular weight is 362 g/mol. The number of carbonyl (C=O) groups is 1. The van der Waals surface area contributed by atoms with Gasteiger partial charge in [0.15, 0.2) is 0 Å². The molecule has 0 saturated heterocycles. The van der Waals surface area contributed by atoms with Crippen molar-refractivity contribution in [3.63, 3.8) is 0 Å². The van der Waals surface area contributed by atoms with E-state index in [-0.39, 0.29) is 5.69 Å². The molecule has 0 saturated carbocycles. The van der Waals surface area contributed by atoms with Crippen LogP contribution in [-0.4, -0.2) is 22.1 Å². The number of hydrogen-bond donors (Lipinski definition) is 1. The van der Waals surface area contributed by atoms with Gasteiger partial charge in [-0.25, -0.2) is 9.78 Å². The molecule has 1 N–H and O–H groups in total. The maximum absolute atomic E-state index is 12.0. The number of nitro groups is 1. The van der Waals surface area contributed by atoms with Crippen molar-refractivity contribution in [1.29, 1.82) is 0 Å². The minimum atomic E-state index is -0.522. The van der Waals surface area contributed by atoms with Gasteiger partial charge in [-0.2, -0.15) is 5.10 Å². The summed E-state index contributed by atoms with van der Waals surface area (Å²) in [4.78, 5) is 25.9. The third kappa shape index (κ3) is 4.95. The van der Waals surface area contributed by atoms with Crippen LogP contribution in [0.5, 0.6) is 5.75 Å². The highest BCUT2D eigenvalue weighted by molar-refractivity contribution is 5.91. The van der Waals surface area contributed by atoms with E-state index in [0.717, 1.165) is 11.8 Å². The fourth-order valence-electron chi connectivity index (χ4n) is 2.10. The van der Waals surface area contributed by atoms with Crippen LogP contribution in [0.3, 0.4) is 0 Å². The van der Waals surface area contributed by atoms with Gasteiger partial charge in [-0.3, -0.25) is 15.5 Å². The number of anilines is 1. The molecule has 2 aromatic carbocycles. The number of aromatic nitrogens is 1. The standard InChI is InChI=1S/C19H14N4O4/c24-19(15-4-2-1-3-5-15)27-17-9-6-14(7-10-17)12-21-22-18-11-8-16(13-20-18)23(25)26/h1-13H,(H,20,22)/b21-12-. The second-order valence-corrected chi connectivity index (χ2v) is 5.35. The van der Waals surface area contributed by atoms with Gasteiger partial charge in [0.25, 0.3) is 5.69 Å². The summed E-state index contributed by atoms with van der Waals surface area (Å²) in [6.45, 7) is 0. The number of nitrogens with one attached hydrogen (secondary N) is 1. The first kappa shape index (κ1) is 17.7. The van der Waals surface area contributed by atoms with E-state index in [0.29, 0.717) is 17.1 Å². The van der Waals surface area contributed by atoms with E-state index < -0.39 is 10.9 Å². The molecule has 0 aliphatic rings. The summed E-state index contributed by atoms with van der Waals surface area (Å²) >= 11 is 0. The Bertz CT molecular complexity index is 955. The second-order valence-electron chi connectivity index (χ2n) is 5.35. The van der Waals surface area contributed by atoms with Crippen LogP contribution in [0.15, 0.2) is 78.0 Å². The summed E-state index contributed by atoms with van der Waals surface area (Å²) in [5, 5.41) is 14.6. The van der Waals surface area contributed by atoms with Gasteiger partial charge in [0, 0.05) is 6.07 Å².